The van der Waals surface area contributed by atoms with E-state index in [9.17, 15) is 15.2 Å². The minimum absolute atomic E-state index is 0.00872. The van der Waals surface area contributed by atoms with Gasteiger partial charge in [0.1, 0.15) is 5.75 Å². The largest absolute Gasteiger partial charge is 0.506 e. The van der Waals surface area contributed by atoms with E-state index in [0.29, 0.717) is 5.69 Å². The number of phenolic OH excluding ortho intramolecular Hbond substituents is 1. The maximum atomic E-state index is 10.4. The molecule has 0 fully saturated rings. The van der Waals surface area contributed by atoms with Crippen molar-refractivity contribution in [2.45, 2.75) is 0 Å². The first kappa shape index (κ1) is 13.2. The Morgan fingerprint density at radius 2 is 2.24 bits per heavy atom. The molecule has 1 aromatic carbocycles. The van der Waals surface area contributed by atoms with Crippen molar-refractivity contribution >= 4 is 23.1 Å². The number of halogens is 1. The number of anilines is 1. The molecule has 6 nitrogen and oxygen atoms in total. The minimum Gasteiger partial charge on any atom is -0.506 e. The third kappa shape index (κ3) is 4.69. The van der Waals surface area contributed by atoms with Gasteiger partial charge in [-0.2, -0.15) is 0 Å². The zero-order valence-electron chi connectivity index (χ0n) is 8.97. The fourth-order valence-corrected chi connectivity index (χ4v) is 1.25. The van der Waals surface area contributed by atoms with Crippen LogP contribution >= 0.6 is 11.6 Å². The van der Waals surface area contributed by atoms with Gasteiger partial charge in [0.15, 0.2) is 5.84 Å². The van der Waals surface area contributed by atoms with Crippen LogP contribution in [0.3, 0.4) is 0 Å². The van der Waals surface area contributed by atoms with Crippen molar-refractivity contribution in [2.75, 3.05) is 24.3 Å². The van der Waals surface area contributed by atoms with E-state index >= 15 is 0 Å². The average molecular weight is 258 g/mol. The molecule has 0 aliphatic rings. The second-order valence-corrected chi connectivity index (χ2v) is 3.53. The van der Waals surface area contributed by atoms with Crippen LogP contribution < -0.4 is 5.32 Å². The fraction of sp³-hybridized carbons (Fsp3) is 0.300. The lowest BCUT2D eigenvalue weighted by atomic mass is 10.3. The summed E-state index contributed by atoms with van der Waals surface area (Å²) in [5, 5.41) is 22.7. The van der Waals surface area contributed by atoms with Crippen molar-refractivity contribution < 1.29 is 10.0 Å². The average Bonchev–Trinajstić information content (AvgIpc) is 2.28. The first-order valence-corrected chi connectivity index (χ1v) is 5.43. The number of nitrogens with one attached hydrogen (secondary N) is 1. The third-order valence-electron chi connectivity index (χ3n) is 1.85. The summed E-state index contributed by atoms with van der Waals surface area (Å²) in [5.41, 5.74) is 0.377. The van der Waals surface area contributed by atoms with Gasteiger partial charge in [0.05, 0.1) is 12.2 Å². The van der Waals surface area contributed by atoms with Gasteiger partial charge >= 0.3 is 0 Å². The van der Waals surface area contributed by atoms with Crippen molar-refractivity contribution in [3.63, 3.8) is 0 Å². The standard InChI is InChI=1S/C10H12ClN3O3/c11-5-6-12-10(7-14(16)17)13-8-3-1-2-4-9(8)15/h1-4,15H,5-7H2,(H,12,13). The summed E-state index contributed by atoms with van der Waals surface area (Å²) in [4.78, 5) is 13.9. The molecular formula is C10H12ClN3O3. The molecule has 17 heavy (non-hydrogen) atoms. The van der Waals surface area contributed by atoms with Crippen LogP contribution in [0.4, 0.5) is 5.69 Å². The lowest BCUT2D eigenvalue weighted by Gasteiger charge is -2.08. The Balaban J connectivity index is 2.79. The number of hydrogen-bond donors (Lipinski definition) is 2. The van der Waals surface area contributed by atoms with Crippen molar-refractivity contribution in [2.24, 2.45) is 4.99 Å². The number of para-hydroxylation sites is 2. The van der Waals surface area contributed by atoms with Crippen LogP contribution in [0.5, 0.6) is 5.75 Å². The summed E-state index contributed by atoms with van der Waals surface area (Å²) in [7, 11) is 0. The van der Waals surface area contributed by atoms with E-state index in [4.69, 9.17) is 11.6 Å². The predicted octanol–water partition coefficient (Wildman–Crippen LogP) is 1.72. The molecule has 2 N–H and O–H groups in total. The highest BCUT2D eigenvalue weighted by molar-refractivity contribution is 6.18. The number of aliphatic imine (C=N–C) groups is 1. The Morgan fingerprint density at radius 3 is 2.82 bits per heavy atom. The first-order chi connectivity index (χ1) is 8.13. The predicted molar refractivity (Wildman–Crippen MR) is 66.6 cm³/mol. The second-order valence-electron chi connectivity index (χ2n) is 3.15. The highest BCUT2D eigenvalue weighted by Crippen LogP contribution is 2.21. The molecule has 0 saturated carbocycles. The Kier molecular flexibility index (Phi) is 5.22. The number of benzene rings is 1. The molecule has 7 heteroatoms. The molecule has 1 rings (SSSR count). The molecule has 0 heterocycles. The molecular weight excluding hydrogens is 246 g/mol. The topological polar surface area (TPSA) is 87.8 Å². The number of alkyl halides is 1. The SMILES string of the molecule is O=[N+]([O-])CC(=NCCCl)Nc1ccccc1O. The van der Waals surface area contributed by atoms with Crippen molar-refractivity contribution in [3.05, 3.63) is 34.4 Å². The van der Waals surface area contributed by atoms with Gasteiger partial charge in [0.25, 0.3) is 6.54 Å². The molecule has 92 valence electrons. The fourth-order valence-electron chi connectivity index (χ4n) is 1.16. The van der Waals surface area contributed by atoms with Crippen LogP contribution in [0.1, 0.15) is 0 Å². The summed E-state index contributed by atoms with van der Waals surface area (Å²) >= 11 is 5.46. The molecule has 0 spiro atoms. The van der Waals surface area contributed by atoms with E-state index in [-0.39, 0.29) is 24.0 Å². The maximum absolute atomic E-state index is 10.4. The smallest absolute Gasteiger partial charge is 0.260 e. The molecule has 0 aliphatic heterocycles. The summed E-state index contributed by atoms with van der Waals surface area (Å²) < 4.78 is 0. The molecule has 0 radical (unpaired) electrons. The number of aromatic hydroxyl groups is 1. The zero-order valence-corrected chi connectivity index (χ0v) is 9.72. The molecule has 0 saturated heterocycles. The van der Waals surface area contributed by atoms with E-state index in [2.05, 4.69) is 10.3 Å². The molecule has 0 unspecified atom stereocenters. The summed E-state index contributed by atoms with van der Waals surface area (Å²) in [5.74, 6) is 0.454. The van der Waals surface area contributed by atoms with E-state index in [0.717, 1.165) is 0 Å². The normalized spacial score (nSPS) is 11.2. The maximum Gasteiger partial charge on any atom is 0.260 e. The van der Waals surface area contributed by atoms with Gasteiger partial charge in [0.2, 0.25) is 0 Å². The molecule has 0 aliphatic carbocycles. The number of phenols is 1. The Bertz CT molecular complexity index is 423. The highest BCUT2D eigenvalue weighted by Gasteiger charge is 2.09. The van der Waals surface area contributed by atoms with Gasteiger partial charge in [-0.3, -0.25) is 15.1 Å². The van der Waals surface area contributed by atoms with Gasteiger partial charge in [-0.15, -0.1) is 11.6 Å². The zero-order chi connectivity index (χ0) is 12.7. The van der Waals surface area contributed by atoms with Gasteiger partial charge in [-0.1, -0.05) is 12.1 Å². The van der Waals surface area contributed by atoms with Crippen LogP contribution in [0.2, 0.25) is 0 Å². The van der Waals surface area contributed by atoms with Gasteiger partial charge in [0, 0.05) is 10.8 Å². The van der Waals surface area contributed by atoms with Crippen LogP contribution in [0, 0.1) is 10.1 Å². The third-order valence-corrected chi connectivity index (χ3v) is 2.02. The van der Waals surface area contributed by atoms with Gasteiger partial charge in [-0.05, 0) is 12.1 Å². The lowest BCUT2D eigenvalue weighted by Crippen LogP contribution is -2.23. The number of hydrogen-bond acceptors (Lipinski definition) is 4. The summed E-state index contributed by atoms with van der Waals surface area (Å²) in [6.45, 7) is -0.156. The van der Waals surface area contributed by atoms with Gasteiger partial charge in [-0.25, -0.2) is 0 Å². The molecule has 0 bridgehead atoms. The highest BCUT2D eigenvalue weighted by atomic mass is 35.5. The van der Waals surface area contributed by atoms with Crippen LogP contribution in [-0.2, 0) is 0 Å². The van der Waals surface area contributed by atoms with Crippen LogP contribution in [0.25, 0.3) is 0 Å². The number of nitro groups is 1. The van der Waals surface area contributed by atoms with E-state index in [1.807, 2.05) is 0 Å². The van der Waals surface area contributed by atoms with E-state index in [1.165, 1.54) is 6.07 Å². The van der Waals surface area contributed by atoms with Crippen LogP contribution in [-0.4, -0.2) is 34.8 Å². The molecule has 0 amide bonds. The van der Waals surface area contributed by atoms with Crippen molar-refractivity contribution in [1.82, 2.24) is 0 Å². The Hall–Kier alpha value is -1.82. The Morgan fingerprint density at radius 1 is 1.53 bits per heavy atom. The van der Waals surface area contributed by atoms with Crippen molar-refractivity contribution in [3.8, 4) is 5.75 Å². The molecule has 1 aromatic rings. The van der Waals surface area contributed by atoms with Crippen LogP contribution in [0.15, 0.2) is 29.3 Å². The first-order valence-electron chi connectivity index (χ1n) is 4.89. The quantitative estimate of drug-likeness (QED) is 0.210. The Labute approximate surface area is 103 Å². The van der Waals surface area contributed by atoms with E-state index in [1.54, 1.807) is 18.2 Å². The summed E-state index contributed by atoms with van der Waals surface area (Å²) in [6.07, 6.45) is 0. The van der Waals surface area contributed by atoms with E-state index < -0.39 is 11.5 Å². The van der Waals surface area contributed by atoms with Gasteiger partial charge < -0.3 is 10.4 Å². The van der Waals surface area contributed by atoms with Crippen molar-refractivity contribution in [1.29, 1.82) is 0 Å². The molecule has 0 atom stereocenters. The second kappa shape index (κ2) is 6.70. The molecule has 0 aromatic heterocycles. The minimum atomic E-state index is -0.500. The number of nitrogens with zero attached hydrogens (tertiary/aromatic N) is 2. The lowest BCUT2D eigenvalue weighted by molar-refractivity contribution is -0.463. The summed E-state index contributed by atoms with van der Waals surface area (Å²) in [6, 6.07) is 6.44. The monoisotopic (exact) mass is 257 g/mol. The number of amidine groups is 1. The number of rotatable bonds is 5.